The van der Waals surface area contributed by atoms with Crippen LogP contribution in [0, 0.1) is 5.92 Å². The fourth-order valence-electron chi connectivity index (χ4n) is 2.07. The van der Waals surface area contributed by atoms with E-state index in [0.717, 1.165) is 30.1 Å². The van der Waals surface area contributed by atoms with E-state index in [0.29, 0.717) is 13.0 Å². The summed E-state index contributed by atoms with van der Waals surface area (Å²) in [5, 5.41) is 12.1. The second kappa shape index (κ2) is 5.60. The Bertz CT molecular complexity index is 392. The quantitative estimate of drug-likeness (QED) is 0.875. The van der Waals surface area contributed by atoms with Crippen LogP contribution in [0.4, 0.5) is 0 Å². The lowest BCUT2D eigenvalue weighted by Gasteiger charge is -2.15. The SMILES string of the molecule is CCc1nc(CC(=O)N2CCC(CO)C2)cs1. The van der Waals surface area contributed by atoms with Crippen LogP contribution < -0.4 is 0 Å². The number of hydrogen-bond acceptors (Lipinski definition) is 4. The van der Waals surface area contributed by atoms with Crippen LogP contribution in [0.5, 0.6) is 0 Å². The zero-order valence-electron chi connectivity index (χ0n) is 10.1. The minimum absolute atomic E-state index is 0.133. The molecule has 1 saturated heterocycles. The topological polar surface area (TPSA) is 53.4 Å². The van der Waals surface area contributed by atoms with Crippen molar-refractivity contribution in [2.24, 2.45) is 5.92 Å². The molecule has 17 heavy (non-hydrogen) atoms. The molecule has 0 saturated carbocycles. The van der Waals surface area contributed by atoms with Crippen LogP contribution in [0.3, 0.4) is 0 Å². The van der Waals surface area contributed by atoms with Crippen molar-refractivity contribution in [3.63, 3.8) is 0 Å². The number of likely N-dealkylation sites (tertiary alicyclic amines) is 1. The van der Waals surface area contributed by atoms with Crippen LogP contribution >= 0.6 is 11.3 Å². The van der Waals surface area contributed by atoms with E-state index in [9.17, 15) is 4.79 Å². The molecule has 0 radical (unpaired) electrons. The Morgan fingerprint density at radius 2 is 2.53 bits per heavy atom. The number of hydrogen-bond donors (Lipinski definition) is 1. The van der Waals surface area contributed by atoms with Crippen LogP contribution in [-0.2, 0) is 17.6 Å². The van der Waals surface area contributed by atoms with E-state index < -0.39 is 0 Å². The lowest BCUT2D eigenvalue weighted by molar-refractivity contribution is -0.129. The maximum atomic E-state index is 12.0. The van der Waals surface area contributed by atoms with E-state index in [4.69, 9.17) is 5.11 Å². The van der Waals surface area contributed by atoms with Gasteiger partial charge in [0.15, 0.2) is 0 Å². The van der Waals surface area contributed by atoms with Crippen LogP contribution in [-0.4, -0.2) is 40.6 Å². The van der Waals surface area contributed by atoms with Crippen LogP contribution in [0.25, 0.3) is 0 Å². The second-order valence-electron chi connectivity index (χ2n) is 4.44. The van der Waals surface area contributed by atoms with E-state index in [-0.39, 0.29) is 18.4 Å². The zero-order chi connectivity index (χ0) is 12.3. The highest BCUT2D eigenvalue weighted by Gasteiger charge is 2.25. The molecule has 1 atom stereocenters. The molecule has 4 nitrogen and oxygen atoms in total. The van der Waals surface area contributed by atoms with Gasteiger partial charge in [0.1, 0.15) is 0 Å². The van der Waals surface area contributed by atoms with Gasteiger partial charge in [0, 0.05) is 31.0 Å². The highest BCUT2D eigenvalue weighted by atomic mass is 32.1. The van der Waals surface area contributed by atoms with E-state index in [1.54, 1.807) is 11.3 Å². The average molecular weight is 254 g/mol. The number of aryl methyl sites for hydroxylation is 1. The molecule has 0 spiro atoms. The summed E-state index contributed by atoms with van der Waals surface area (Å²) < 4.78 is 0. The molecule has 2 heterocycles. The highest BCUT2D eigenvalue weighted by molar-refractivity contribution is 7.09. The first-order valence-corrected chi connectivity index (χ1v) is 6.92. The predicted molar refractivity (Wildman–Crippen MR) is 67.0 cm³/mol. The van der Waals surface area contributed by atoms with Gasteiger partial charge in [-0.3, -0.25) is 4.79 Å². The first kappa shape index (κ1) is 12.5. The molecule has 1 aromatic rings. The molecule has 1 aromatic heterocycles. The van der Waals surface area contributed by atoms with Gasteiger partial charge in [-0.2, -0.15) is 0 Å². The van der Waals surface area contributed by atoms with E-state index in [1.807, 2.05) is 10.3 Å². The molecule has 5 heteroatoms. The molecule has 1 unspecified atom stereocenters. The third-order valence-electron chi connectivity index (χ3n) is 3.13. The Balaban J connectivity index is 1.89. The summed E-state index contributed by atoms with van der Waals surface area (Å²) in [7, 11) is 0. The Labute approximate surface area is 105 Å². The van der Waals surface area contributed by atoms with Gasteiger partial charge in [-0.15, -0.1) is 11.3 Å². The zero-order valence-corrected chi connectivity index (χ0v) is 10.9. The monoisotopic (exact) mass is 254 g/mol. The second-order valence-corrected chi connectivity index (χ2v) is 5.38. The molecule has 0 aromatic carbocycles. The smallest absolute Gasteiger partial charge is 0.228 e. The molecule has 0 aliphatic carbocycles. The highest BCUT2D eigenvalue weighted by Crippen LogP contribution is 2.17. The van der Waals surface area contributed by atoms with Crippen molar-refractivity contribution in [1.82, 2.24) is 9.88 Å². The van der Waals surface area contributed by atoms with Gasteiger partial charge in [0.2, 0.25) is 5.91 Å². The molecule has 1 fully saturated rings. The van der Waals surface area contributed by atoms with Gasteiger partial charge < -0.3 is 10.0 Å². The first-order chi connectivity index (χ1) is 8.22. The summed E-state index contributed by atoms with van der Waals surface area (Å²) in [4.78, 5) is 18.2. The average Bonchev–Trinajstić information content (AvgIpc) is 2.96. The van der Waals surface area contributed by atoms with Crippen molar-refractivity contribution in [2.75, 3.05) is 19.7 Å². The first-order valence-electron chi connectivity index (χ1n) is 6.04. The molecule has 94 valence electrons. The van der Waals surface area contributed by atoms with Crippen LogP contribution in [0.2, 0.25) is 0 Å². The number of amides is 1. The van der Waals surface area contributed by atoms with Gasteiger partial charge >= 0.3 is 0 Å². The number of aliphatic hydroxyl groups excluding tert-OH is 1. The van der Waals surface area contributed by atoms with Crippen molar-refractivity contribution < 1.29 is 9.90 Å². The standard InChI is InChI=1S/C12H18N2O2S/c1-2-11-13-10(8-17-11)5-12(16)14-4-3-9(6-14)7-15/h8-9,15H,2-7H2,1H3. The lowest BCUT2D eigenvalue weighted by Crippen LogP contribution is -2.30. The van der Waals surface area contributed by atoms with Gasteiger partial charge in [-0.05, 0) is 12.8 Å². The lowest BCUT2D eigenvalue weighted by atomic mass is 10.1. The Hall–Kier alpha value is -0.940. The maximum Gasteiger partial charge on any atom is 0.228 e. The number of aromatic nitrogens is 1. The maximum absolute atomic E-state index is 12.0. The summed E-state index contributed by atoms with van der Waals surface area (Å²) in [6, 6.07) is 0. The van der Waals surface area contributed by atoms with E-state index in [1.165, 1.54) is 0 Å². The summed E-state index contributed by atoms with van der Waals surface area (Å²) in [5.74, 6) is 0.398. The molecular formula is C12H18N2O2S. The fourth-order valence-corrected chi connectivity index (χ4v) is 2.81. The van der Waals surface area contributed by atoms with Crippen LogP contribution in [0.1, 0.15) is 24.0 Å². The summed E-state index contributed by atoms with van der Waals surface area (Å²) >= 11 is 1.62. The summed E-state index contributed by atoms with van der Waals surface area (Å²) in [5.41, 5.74) is 0.879. The predicted octanol–water partition coefficient (Wildman–Crippen LogP) is 1.09. The molecule has 0 bridgehead atoms. The molecule has 1 aliphatic rings. The number of aliphatic hydroxyl groups is 1. The van der Waals surface area contributed by atoms with Crippen LogP contribution in [0.15, 0.2) is 5.38 Å². The Kier molecular flexibility index (Phi) is 4.12. The fraction of sp³-hybridized carbons (Fsp3) is 0.667. The van der Waals surface area contributed by atoms with E-state index >= 15 is 0 Å². The van der Waals surface area contributed by atoms with E-state index in [2.05, 4.69) is 11.9 Å². The minimum Gasteiger partial charge on any atom is -0.396 e. The van der Waals surface area contributed by atoms with Crippen molar-refractivity contribution in [3.05, 3.63) is 16.1 Å². The number of carbonyl (C=O) groups excluding carboxylic acids is 1. The third kappa shape index (κ3) is 3.04. The van der Waals surface area contributed by atoms with Gasteiger partial charge in [-0.1, -0.05) is 6.92 Å². The van der Waals surface area contributed by atoms with Gasteiger partial charge in [0.05, 0.1) is 17.1 Å². The van der Waals surface area contributed by atoms with Gasteiger partial charge in [0.25, 0.3) is 0 Å². The number of carbonyl (C=O) groups is 1. The number of nitrogens with zero attached hydrogens (tertiary/aromatic N) is 2. The van der Waals surface area contributed by atoms with Crippen molar-refractivity contribution in [1.29, 1.82) is 0 Å². The minimum atomic E-state index is 0.133. The number of rotatable bonds is 4. The number of thiazole rings is 1. The molecule has 1 aliphatic heterocycles. The molecule has 1 N–H and O–H groups in total. The third-order valence-corrected chi connectivity index (χ3v) is 4.17. The molecule has 1 amide bonds. The summed E-state index contributed by atoms with van der Waals surface area (Å²) in [6.07, 6.45) is 2.24. The van der Waals surface area contributed by atoms with Gasteiger partial charge in [-0.25, -0.2) is 4.98 Å². The van der Waals surface area contributed by atoms with Crippen molar-refractivity contribution >= 4 is 17.2 Å². The normalized spacial score (nSPS) is 19.9. The van der Waals surface area contributed by atoms with Crippen molar-refractivity contribution in [3.8, 4) is 0 Å². The Morgan fingerprint density at radius 3 is 3.12 bits per heavy atom. The molecular weight excluding hydrogens is 236 g/mol. The van der Waals surface area contributed by atoms with Crippen molar-refractivity contribution in [2.45, 2.75) is 26.2 Å². The Morgan fingerprint density at radius 1 is 1.71 bits per heavy atom. The molecule has 2 rings (SSSR count). The largest absolute Gasteiger partial charge is 0.396 e. The summed E-state index contributed by atoms with van der Waals surface area (Å²) in [6.45, 7) is 3.71.